The zero-order valence-electron chi connectivity index (χ0n) is 15.2. The van der Waals surface area contributed by atoms with Gasteiger partial charge in [-0.1, -0.05) is 30.3 Å². The normalized spacial score (nSPS) is 13.8. The molecule has 0 bridgehead atoms. The van der Waals surface area contributed by atoms with Crippen molar-refractivity contribution in [3.8, 4) is 0 Å². The molecule has 2 aromatic rings. The zero-order chi connectivity index (χ0) is 18.5. The van der Waals surface area contributed by atoms with Crippen LogP contribution >= 0.6 is 0 Å². The number of carbonyl (C=O) groups is 2. The van der Waals surface area contributed by atoms with Crippen molar-refractivity contribution in [2.24, 2.45) is 0 Å². The van der Waals surface area contributed by atoms with Gasteiger partial charge in [-0.05, 0) is 49.6 Å². The Balaban J connectivity index is 1.60. The van der Waals surface area contributed by atoms with Crippen LogP contribution in [0.1, 0.15) is 35.3 Å². The summed E-state index contributed by atoms with van der Waals surface area (Å²) in [6, 6.07) is 15.3. The number of carbonyl (C=O) groups excluding carboxylic acids is 2. The molecule has 5 nitrogen and oxygen atoms in total. The summed E-state index contributed by atoms with van der Waals surface area (Å²) >= 11 is 0. The van der Waals surface area contributed by atoms with Crippen molar-refractivity contribution in [1.29, 1.82) is 0 Å². The Labute approximate surface area is 154 Å². The summed E-state index contributed by atoms with van der Waals surface area (Å²) in [6.07, 6.45) is 1.07. The van der Waals surface area contributed by atoms with Gasteiger partial charge in [-0.2, -0.15) is 0 Å². The van der Waals surface area contributed by atoms with Gasteiger partial charge in [0.15, 0.2) is 0 Å². The van der Waals surface area contributed by atoms with E-state index in [1.807, 2.05) is 12.1 Å². The summed E-state index contributed by atoms with van der Waals surface area (Å²) in [5.41, 5.74) is 4.36. The molecular formula is C21H24N2O3. The van der Waals surface area contributed by atoms with E-state index in [1.54, 1.807) is 26.0 Å². The van der Waals surface area contributed by atoms with Gasteiger partial charge in [0.25, 0.3) is 5.91 Å². The summed E-state index contributed by atoms with van der Waals surface area (Å²) in [5.74, 6) is -0.700. The first-order chi connectivity index (χ1) is 12.6. The van der Waals surface area contributed by atoms with E-state index in [2.05, 4.69) is 34.5 Å². The average molecular weight is 352 g/mol. The third kappa shape index (κ3) is 4.04. The van der Waals surface area contributed by atoms with Crippen molar-refractivity contribution in [2.45, 2.75) is 32.9 Å². The van der Waals surface area contributed by atoms with Crippen molar-refractivity contribution in [3.05, 3.63) is 65.2 Å². The first kappa shape index (κ1) is 18.0. The van der Waals surface area contributed by atoms with E-state index in [0.29, 0.717) is 12.2 Å². The van der Waals surface area contributed by atoms with Crippen LogP contribution < -0.4 is 10.2 Å². The first-order valence-electron chi connectivity index (χ1n) is 8.97. The topological polar surface area (TPSA) is 58.6 Å². The number of nitrogens with zero attached hydrogens (tertiary/aromatic N) is 1. The summed E-state index contributed by atoms with van der Waals surface area (Å²) in [5, 5.41) is 2.66. The van der Waals surface area contributed by atoms with E-state index in [0.717, 1.165) is 25.1 Å². The first-order valence-corrected chi connectivity index (χ1v) is 8.97. The molecule has 1 amide bonds. The lowest BCUT2D eigenvalue weighted by Crippen LogP contribution is -2.39. The van der Waals surface area contributed by atoms with Crippen LogP contribution in [0.4, 0.5) is 5.69 Å². The van der Waals surface area contributed by atoms with Gasteiger partial charge in [0, 0.05) is 24.3 Å². The number of fused-ring (bicyclic) bond motifs is 1. The second-order valence-electron chi connectivity index (χ2n) is 6.44. The number of hydrogen-bond donors (Lipinski definition) is 1. The van der Waals surface area contributed by atoms with Crippen molar-refractivity contribution in [2.75, 3.05) is 18.1 Å². The molecule has 0 radical (unpaired) electrons. The number of anilines is 1. The molecule has 1 atom stereocenters. The fraction of sp³-hybridized carbons (Fsp3) is 0.333. The Morgan fingerprint density at radius 3 is 2.62 bits per heavy atom. The van der Waals surface area contributed by atoms with Gasteiger partial charge in [-0.25, -0.2) is 4.79 Å². The Kier molecular flexibility index (Phi) is 5.56. The molecule has 0 aromatic heterocycles. The van der Waals surface area contributed by atoms with Crippen LogP contribution in [-0.4, -0.2) is 31.1 Å². The van der Waals surface area contributed by atoms with E-state index in [9.17, 15) is 9.59 Å². The number of esters is 1. The predicted octanol–water partition coefficient (Wildman–Crippen LogP) is 2.93. The van der Waals surface area contributed by atoms with Gasteiger partial charge < -0.3 is 15.0 Å². The molecule has 0 fully saturated rings. The molecule has 0 saturated carbocycles. The lowest BCUT2D eigenvalue weighted by atomic mass is 10.1. The highest BCUT2D eigenvalue weighted by atomic mass is 16.5. The van der Waals surface area contributed by atoms with Gasteiger partial charge >= 0.3 is 5.97 Å². The number of hydrogen-bond acceptors (Lipinski definition) is 4. The highest BCUT2D eigenvalue weighted by molar-refractivity contribution is 5.96. The summed E-state index contributed by atoms with van der Waals surface area (Å²) in [4.78, 5) is 26.2. The number of amides is 1. The molecule has 1 N–H and O–H groups in total. The minimum absolute atomic E-state index is 0.274. The Bertz CT molecular complexity index is 786. The van der Waals surface area contributed by atoms with Crippen molar-refractivity contribution >= 4 is 17.6 Å². The molecule has 0 spiro atoms. The summed E-state index contributed by atoms with van der Waals surface area (Å²) in [6.45, 7) is 5.49. The van der Waals surface area contributed by atoms with Crippen LogP contribution in [0.25, 0.3) is 0 Å². The van der Waals surface area contributed by atoms with Gasteiger partial charge in [-0.3, -0.25) is 4.79 Å². The van der Waals surface area contributed by atoms with E-state index >= 15 is 0 Å². The van der Waals surface area contributed by atoms with Crippen LogP contribution in [0.3, 0.4) is 0 Å². The lowest BCUT2D eigenvalue weighted by Gasteiger charge is -2.19. The second kappa shape index (κ2) is 8.04. The number of benzene rings is 2. The van der Waals surface area contributed by atoms with Crippen molar-refractivity contribution in [3.63, 3.8) is 0 Å². The Morgan fingerprint density at radius 1 is 1.15 bits per heavy atom. The van der Waals surface area contributed by atoms with E-state index in [-0.39, 0.29) is 5.91 Å². The monoisotopic (exact) mass is 352 g/mol. The molecule has 2 aromatic carbocycles. The third-order valence-corrected chi connectivity index (χ3v) is 4.56. The largest absolute Gasteiger partial charge is 0.464 e. The molecule has 26 heavy (non-hydrogen) atoms. The SMILES string of the molecule is CCOC(=O)[C@@H](C)NC(=O)c1ccc(CN2CCc3ccccc32)cc1. The molecule has 136 valence electrons. The van der Waals surface area contributed by atoms with Crippen molar-refractivity contribution in [1.82, 2.24) is 5.32 Å². The summed E-state index contributed by atoms with van der Waals surface area (Å²) in [7, 11) is 0. The Morgan fingerprint density at radius 2 is 1.88 bits per heavy atom. The molecule has 1 aliphatic heterocycles. The lowest BCUT2D eigenvalue weighted by molar-refractivity contribution is -0.144. The molecule has 5 heteroatoms. The molecule has 0 unspecified atom stereocenters. The van der Waals surface area contributed by atoms with Crippen LogP contribution in [0.2, 0.25) is 0 Å². The quantitative estimate of drug-likeness (QED) is 0.812. The van der Waals surface area contributed by atoms with E-state index < -0.39 is 12.0 Å². The van der Waals surface area contributed by atoms with Gasteiger partial charge in [0.1, 0.15) is 6.04 Å². The second-order valence-corrected chi connectivity index (χ2v) is 6.44. The number of ether oxygens (including phenoxy) is 1. The highest BCUT2D eigenvalue weighted by Crippen LogP contribution is 2.28. The molecule has 0 saturated heterocycles. The fourth-order valence-corrected chi connectivity index (χ4v) is 3.16. The number of rotatable bonds is 6. The predicted molar refractivity (Wildman–Crippen MR) is 101 cm³/mol. The van der Waals surface area contributed by atoms with Crippen LogP contribution in [0, 0.1) is 0 Å². The standard InChI is InChI=1S/C21H24N2O3/c1-3-26-21(25)15(2)22-20(24)18-10-8-16(9-11-18)14-23-13-12-17-6-4-5-7-19(17)23/h4-11,15H,3,12-14H2,1-2H3,(H,22,24)/t15-/m1/s1. The molecule has 3 rings (SSSR count). The minimum atomic E-state index is -0.664. The van der Waals surface area contributed by atoms with Gasteiger partial charge in [0.2, 0.25) is 0 Å². The van der Waals surface area contributed by atoms with E-state index in [4.69, 9.17) is 4.74 Å². The molecule has 1 heterocycles. The minimum Gasteiger partial charge on any atom is -0.464 e. The van der Waals surface area contributed by atoms with Gasteiger partial charge in [0.05, 0.1) is 6.61 Å². The maximum atomic E-state index is 12.3. The van der Waals surface area contributed by atoms with Gasteiger partial charge in [-0.15, -0.1) is 0 Å². The molecule has 1 aliphatic rings. The molecular weight excluding hydrogens is 328 g/mol. The zero-order valence-corrected chi connectivity index (χ0v) is 15.2. The summed E-state index contributed by atoms with van der Waals surface area (Å²) < 4.78 is 4.90. The highest BCUT2D eigenvalue weighted by Gasteiger charge is 2.19. The fourth-order valence-electron chi connectivity index (χ4n) is 3.16. The number of para-hydroxylation sites is 1. The number of nitrogens with one attached hydrogen (secondary N) is 1. The maximum Gasteiger partial charge on any atom is 0.328 e. The van der Waals surface area contributed by atoms with Crippen molar-refractivity contribution < 1.29 is 14.3 Å². The van der Waals surface area contributed by atoms with Crippen LogP contribution in [0.15, 0.2) is 48.5 Å². The smallest absolute Gasteiger partial charge is 0.328 e. The van der Waals surface area contributed by atoms with Crippen LogP contribution in [-0.2, 0) is 22.5 Å². The average Bonchev–Trinajstić information content (AvgIpc) is 3.05. The third-order valence-electron chi connectivity index (χ3n) is 4.56. The Hall–Kier alpha value is -2.82. The maximum absolute atomic E-state index is 12.3. The van der Waals surface area contributed by atoms with Crippen LogP contribution in [0.5, 0.6) is 0 Å². The molecule has 0 aliphatic carbocycles. The van der Waals surface area contributed by atoms with E-state index in [1.165, 1.54) is 11.3 Å².